The minimum absolute atomic E-state index is 0.462. The maximum Gasteiger partial charge on any atom is 0.165 e. The summed E-state index contributed by atoms with van der Waals surface area (Å²) in [6.07, 6.45) is 4.22. The second-order valence-electron chi connectivity index (χ2n) is 1.94. The Balaban J connectivity index is 2.49. The van der Waals surface area contributed by atoms with E-state index in [9.17, 15) is 0 Å². The van der Waals surface area contributed by atoms with E-state index in [0.717, 1.165) is 13.0 Å². The highest BCUT2D eigenvalue weighted by atomic mass is 15.5. The number of nitrogen functional groups attached to an aromatic ring is 1. The Morgan fingerprint density at radius 1 is 1.80 bits per heavy atom. The summed E-state index contributed by atoms with van der Waals surface area (Å²) in [6, 6.07) is 0. The SMILES string of the molecule is C=CCCn1ncc(N)n1. The van der Waals surface area contributed by atoms with Gasteiger partial charge in [0.05, 0.1) is 12.7 Å². The molecule has 0 amide bonds. The van der Waals surface area contributed by atoms with Crippen LogP contribution in [-0.4, -0.2) is 15.0 Å². The maximum absolute atomic E-state index is 5.33. The summed E-state index contributed by atoms with van der Waals surface area (Å²) < 4.78 is 0. The smallest absolute Gasteiger partial charge is 0.165 e. The summed E-state index contributed by atoms with van der Waals surface area (Å²) >= 11 is 0. The zero-order valence-electron chi connectivity index (χ0n) is 5.70. The lowest BCUT2D eigenvalue weighted by molar-refractivity contribution is 0.545. The molecule has 0 spiro atoms. The predicted molar refractivity (Wildman–Crippen MR) is 39.2 cm³/mol. The van der Waals surface area contributed by atoms with Crippen molar-refractivity contribution in [3.05, 3.63) is 18.9 Å². The standard InChI is InChI=1S/C6H10N4/c1-2-3-4-10-8-5-6(7)9-10/h2,5H,1,3-4H2,(H2,7,9). The van der Waals surface area contributed by atoms with Gasteiger partial charge in [-0.2, -0.15) is 9.90 Å². The number of allylic oxidation sites excluding steroid dienone is 1. The van der Waals surface area contributed by atoms with Gasteiger partial charge in [0.25, 0.3) is 0 Å². The molecule has 0 aromatic carbocycles. The van der Waals surface area contributed by atoms with Gasteiger partial charge in [-0.25, -0.2) is 0 Å². The van der Waals surface area contributed by atoms with E-state index < -0.39 is 0 Å². The Labute approximate surface area is 59.3 Å². The number of nitrogens with two attached hydrogens (primary N) is 1. The molecule has 0 aliphatic rings. The molecule has 10 heavy (non-hydrogen) atoms. The zero-order valence-corrected chi connectivity index (χ0v) is 5.70. The van der Waals surface area contributed by atoms with Crippen molar-refractivity contribution >= 4 is 5.82 Å². The van der Waals surface area contributed by atoms with Gasteiger partial charge in [0.1, 0.15) is 0 Å². The summed E-state index contributed by atoms with van der Waals surface area (Å²) in [5.41, 5.74) is 5.33. The topological polar surface area (TPSA) is 56.7 Å². The molecule has 1 rings (SSSR count). The van der Waals surface area contributed by atoms with Crippen LogP contribution in [0.3, 0.4) is 0 Å². The zero-order chi connectivity index (χ0) is 7.40. The molecule has 54 valence electrons. The molecular weight excluding hydrogens is 128 g/mol. The normalized spacial score (nSPS) is 9.60. The van der Waals surface area contributed by atoms with E-state index in [1.165, 1.54) is 6.20 Å². The van der Waals surface area contributed by atoms with E-state index in [4.69, 9.17) is 5.73 Å². The molecule has 0 saturated heterocycles. The van der Waals surface area contributed by atoms with Crippen LogP contribution in [0.25, 0.3) is 0 Å². The fourth-order valence-corrected chi connectivity index (χ4v) is 0.625. The summed E-state index contributed by atoms with van der Waals surface area (Å²) in [5, 5.41) is 7.77. The Kier molecular flexibility index (Phi) is 2.04. The fourth-order valence-electron chi connectivity index (χ4n) is 0.625. The molecule has 0 aliphatic heterocycles. The van der Waals surface area contributed by atoms with Crippen LogP contribution in [0, 0.1) is 0 Å². The number of hydrogen-bond donors (Lipinski definition) is 1. The maximum atomic E-state index is 5.33. The van der Waals surface area contributed by atoms with Crippen molar-refractivity contribution in [3.63, 3.8) is 0 Å². The molecule has 1 heterocycles. The van der Waals surface area contributed by atoms with Gasteiger partial charge in [0.15, 0.2) is 5.82 Å². The molecule has 4 heteroatoms. The van der Waals surface area contributed by atoms with Crippen LogP contribution >= 0.6 is 0 Å². The van der Waals surface area contributed by atoms with Crippen LogP contribution in [0.15, 0.2) is 18.9 Å². The highest BCUT2D eigenvalue weighted by Gasteiger charge is 1.92. The molecule has 0 saturated carbocycles. The van der Waals surface area contributed by atoms with Crippen LogP contribution < -0.4 is 5.73 Å². The largest absolute Gasteiger partial charge is 0.381 e. The molecule has 0 bridgehead atoms. The summed E-state index contributed by atoms with van der Waals surface area (Å²) in [4.78, 5) is 1.55. The van der Waals surface area contributed by atoms with Gasteiger partial charge >= 0.3 is 0 Å². The molecule has 0 atom stereocenters. The van der Waals surface area contributed by atoms with E-state index >= 15 is 0 Å². The van der Waals surface area contributed by atoms with Crippen LogP contribution in [0.2, 0.25) is 0 Å². The van der Waals surface area contributed by atoms with E-state index in [1.807, 2.05) is 6.08 Å². The lowest BCUT2D eigenvalue weighted by Crippen LogP contribution is -2.01. The number of hydrogen-bond acceptors (Lipinski definition) is 3. The fraction of sp³-hybridized carbons (Fsp3) is 0.333. The van der Waals surface area contributed by atoms with Crippen molar-refractivity contribution in [1.82, 2.24) is 15.0 Å². The molecule has 0 fully saturated rings. The molecule has 1 aromatic heterocycles. The van der Waals surface area contributed by atoms with E-state index in [0.29, 0.717) is 5.82 Å². The number of nitrogens with zero attached hydrogens (tertiary/aromatic N) is 3. The van der Waals surface area contributed by atoms with Gasteiger partial charge in [0.2, 0.25) is 0 Å². The van der Waals surface area contributed by atoms with Gasteiger partial charge < -0.3 is 5.73 Å². The first-order valence-electron chi connectivity index (χ1n) is 3.09. The second kappa shape index (κ2) is 3.00. The molecule has 0 aliphatic carbocycles. The molecule has 4 nitrogen and oxygen atoms in total. The summed E-state index contributed by atoms with van der Waals surface area (Å²) in [7, 11) is 0. The quantitative estimate of drug-likeness (QED) is 0.616. The van der Waals surface area contributed by atoms with Gasteiger partial charge in [0, 0.05) is 0 Å². The number of rotatable bonds is 3. The first-order valence-corrected chi connectivity index (χ1v) is 3.09. The van der Waals surface area contributed by atoms with Crippen molar-refractivity contribution in [2.24, 2.45) is 0 Å². The van der Waals surface area contributed by atoms with Crippen LogP contribution in [0.5, 0.6) is 0 Å². The van der Waals surface area contributed by atoms with Gasteiger partial charge in [-0.05, 0) is 6.42 Å². The number of anilines is 1. The van der Waals surface area contributed by atoms with Crippen molar-refractivity contribution in [1.29, 1.82) is 0 Å². The van der Waals surface area contributed by atoms with Crippen LogP contribution in [-0.2, 0) is 6.54 Å². The van der Waals surface area contributed by atoms with Crippen LogP contribution in [0.4, 0.5) is 5.82 Å². The highest BCUT2D eigenvalue weighted by molar-refractivity contribution is 5.19. The second-order valence-corrected chi connectivity index (χ2v) is 1.94. The van der Waals surface area contributed by atoms with Crippen molar-refractivity contribution in [3.8, 4) is 0 Å². The van der Waals surface area contributed by atoms with Crippen molar-refractivity contribution in [2.45, 2.75) is 13.0 Å². The summed E-state index contributed by atoms with van der Waals surface area (Å²) in [5.74, 6) is 0.462. The molecule has 2 N–H and O–H groups in total. The first kappa shape index (κ1) is 6.80. The predicted octanol–water partition coefficient (Wildman–Crippen LogP) is 0.436. The molecule has 0 radical (unpaired) electrons. The number of aryl methyl sites for hydroxylation is 1. The van der Waals surface area contributed by atoms with Crippen LogP contribution in [0.1, 0.15) is 6.42 Å². The minimum Gasteiger partial charge on any atom is -0.381 e. The third kappa shape index (κ3) is 1.58. The monoisotopic (exact) mass is 138 g/mol. The van der Waals surface area contributed by atoms with Gasteiger partial charge in [-0.15, -0.1) is 11.7 Å². The molecule has 0 unspecified atom stereocenters. The van der Waals surface area contributed by atoms with E-state index in [1.54, 1.807) is 4.80 Å². The highest BCUT2D eigenvalue weighted by Crippen LogP contribution is 1.92. The van der Waals surface area contributed by atoms with Crippen molar-refractivity contribution in [2.75, 3.05) is 5.73 Å². The first-order chi connectivity index (χ1) is 4.83. The van der Waals surface area contributed by atoms with Crippen molar-refractivity contribution < 1.29 is 0 Å². The van der Waals surface area contributed by atoms with E-state index in [-0.39, 0.29) is 0 Å². The average molecular weight is 138 g/mol. The molecule has 1 aromatic rings. The lowest BCUT2D eigenvalue weighted by atomic mass is 10.4. The Bertz CT molecular complexity index is 215. The third-order valence-corrected chi connectivity index (χ3v) is 1.09. The Hall–Kier alpha value is -1.32. The minimum atomic E-state index is 0.462. The lowest BCUT2D eigenvalue weighted by Gasteiger charge is -1.92. The molecular formula is C6H10N4. The average Bonchev–Trinajstić information content (AvgIpc) is 2.31. The summed E-state index contributed by atoms with van der Waals surface area (Å²) in [6.45, 7) is 4.33. The Morgan fingerprint density at radius 3 is 3.10 bits per heavy atom. The Morgan fingerprint density at radius 2 is 2.60 bits per heavy atom. The van der Waals surface area contributed by atoms with E-state index in [2.05, 4.69) is 16.8 Å². The third-order valence-electron chi connectivity index (χ3n) is 1.09. The van der Waals surface area contributed by atoms with Gasteiger partial charge in [-0.3, -0.25) is 0 Å². The number of aromatic nitrogens is 3. The van der Waals surface area contributed by atoms with Gasteiger partial charge in [-0.1, -0.05) is 6.08 Å².